The predicted molar refractivity (Wildman–Crippen MR) is 71.9 cm³/mol. The van der Waals surface area contributed by atoms with Crippen LogP contribution in [-0.2, 0) is 7.05 Å². The molecule has 94 valence electrons. The second-order valence-electron chi connectivity index (χ2n) is 4.24. The molecule has 2 rings (SSSR count). The Morgan fingerprint density at radius 1 is 1.33 bits per heavy atom. The summed E-state index contributed by atoms with van der Waals surface area (Å²) in [5, 5.41) is 6.82. The average Bonchev–Trinajstić information content (AvgIpc) is 2.75. The van der Waals surface area contributed by atoms with Crippen LogP contribution in [0.15, 0.2) is 36.5 Å². The molecule has 1 N–H and O–H groups in total. The molecule has 0 bridgehead atoms. The summed E-state index contributed by atoms with van der Waals surface area (Å²) in [4.78, 5) is 14.0. The SMILES string of the molecule is CN(C)c1cccc(C(=O)Nc2ccnn2C)c1. The van der Waals surface area contributed by atoms with E-state index >= 15 is 0 Å². The topological polar surface area (TPSA) is 50.2 Å². The molecule has 5 heteroatoms. The molecular weight excluding hydrogens is 228 g/mol. The highest BCUT2D eigenvalue weighted by molar-refractivity contribution is 6.04. The number of carbonyl (C=O) groups excluding carboxylic acids is 1. The minimum atomic E-state index is -0.137. The van der Waals surface area contributed by atoms with Crippen LogP contribution in [0.5, 0.6) is 0 Å². The number of aromatic nitrogens is 2. The molecule has 5 nitrogen and oxygen atoms in total. The Balaban J connectivity index is 2.19. The highest BCUT2D eigenvalue weighted by atomic mass is 16.1. The quantitative estimate of drug-likeness (QED) is 0.894. The molecule has 0 saturated heterocycles. The third kappa shape index (κ3) is 2.51. The second-order valence-corrected chi connectivity index (χ2v) is 4.24. The number of anilines is 2. The molecular formula is C13H16N4O. The maximum absolute atomic E-state index is 12.1. The normalized spacial score (nSPS) is 10.2. The van der Waals surface area contributed by atoms with Crippen molar-refractivity contribution in [2.45, 2.75) is 0 Å². The molecule has 0 radical (unpaired) electrons. The first-order valence-corrected chi connectivity index (χ1v) is 5.64. The number of aryl methyl sites for hydroxylation is 1. The monoisotopic (exact) mass is 244 g/mol. The van der Waals surface area contributed by atoms with Gasteiger partial charge in [-0.05, 0) is 18.2 Å². The lowest BCUT2D eigenvalue weighted by molar-refractivity contribution is 0.102. The van der Waals surface area contributed by atoms with Crippen molar-refractivity contribution in [3.63, 3.8) is 0 Å². The molecule has 1 aromatic carbocycles. The highest BCUT2D eigenvalue weighted by Crippen LogP contribution is 2.15. The second kappa shape index (κ2) is 4.91. The van der Waals surface area contributed by atoms with Crippen molar-refractivity contribution in [2.75, 3.05) is 24.3 Å². The van der Waals surface area contributed by atoms with Gasteiger partial charge in [0.15, 0.2) is 0 Å². The van der Waals surface area contributed by atoms with Gasteiger partial charge in [-0.3, -0.25) is 9.48 Å². The van der Waals surface area contributed by atoms with Crippen LogP contribution in [0.2, 0.25) is 0 Å². The van der Waals surface area contributed by atoms with E-state index in [0.717, 1.165) is 5.69 Å². The summed E-state index contributed by atoms with van der Waals surface area (Å²) in [6.45, 7) is 0. The van der Waals surface area contributed by atoms with Gasteiger partial charge in [0, 0.05) is 38.5 Å². The van der Waals surface area contributed by atoms with E-state index in [0.29, 0.717) is 11.4 Å². The summed E-state index contributed by atoms with van der Waals surface area (Å²) >= 11 is 0. The van der Waals surface area contributed by atoms with Crippen LogP contribution in [0.3, 0.4) is 0 Å². The van der Waals surface area contributed by atoms with Gasteiger partial charge in [0.1, 0.15) is 5.82 Å². The fourth-order valence-electron chi connectivity index (χ4n) is 1.61. The number of amides is 1. The number of hydrogen-bond donors (Lipinski definition) is 1. The largest absolute Gasteiger partial charge is 0.378 e. The number of benzene rings is 1. The Morgan fingerprint density at radius 2 is 2.11 bits per heavy atom. The average molecular weight is 244 g/mol. The lowest BCUT2D eigenvalue weighted by Crippen LogP contribution is -2.16. The van der Waals surface area contributed by atoms with Crippen molar-refractivity contribution >= 4 is 17.4 Å². The van der Waals surface area contributed by atoms with Gasteiger partial charge in [-0.15, -0.1) is 0 Å². The smallest absolute Gasteiger partial charge is 0.256 e. The summed E-state index contributed by atoms with van der Waals surface area (Å²) in [6.07, 6.45) is 1.64. The maximum Gasteiger partial charge on any atom is 0.256 e. The van der Waals surface area contributed by atoms with Crippen molar-refractivity contribution < 1.29 is 4.79 Å². The summed E-state index contributed by atoms with van der Waals surface area (Å²) in [7, 11) is 5.67. The van der Waals surface area contributed by atoms with Crippen molar-refractivity contribution in [2.24, 2.45) is 7.05 Å². The summed E-state index contributed by atoms with van der Waals surface area (Å²) in [6, 6.07) is 9.23. The fraction of sp³-hybridized carbons (Fsp3) is 0.231. The Labute approximate surface area is 106 Å². The molecule has 0 fully saturated rings. The van der Waals surface area contributed by atoms with E-state index in [4.69, 9.17) is 0 Å². The number of hydrogen-bond acceptors (Lipinski definition) is 3. The van der Waals surface area contributed by atoms with Gasteiger partial charge in [-0.25, -0.2) is 0 Å². The standard InChI is InChI=1S/C13H16N4O/c1-16(2)11-6-4-5-10(9-11)13(18)15-12-7-8-14-17(12)3/h4-9H,1-3H3,(H,15,18). The molecule has 0 aliphatic rings. The van der Waals surface area contributed by atoms with Crippen molar-refractivity contribution in [3.05, 3.63) is 42.1 Å². The van der Waals surface area contributed by atoms with E-state index in [1.165, 1.54) is 0 Å². The minimum Gasteiger partial charge on any atom is -0.378 e. The zero-order valence-electron chi connectivity index (χ0n) is 10.7. The van der Waals surface area contributed by atoms with Crippen LogP contribution in [0.25, 0.3) is 0 Å². The minimum absolute atomic E-state index is 0.137. The molecule has 1 aromatic heterocycles. The zero-order valence-corrected chi connectivity index (χ0v) is 10.7. The first kappa shape index (κ1) is 12.2. The van der Waals surface area contributed by atoms with Gasteiger partial charge in [0.25, 0.3) is 5.91 Å². The number of nitrogens with zero attached hydrogens (tertiary/aromatic N) is 3. The Hall–Kier alpha value is -2.30. The number of carbonyl (C=O) groups is 1. The lowest BCUT2D eigenvalue weighted by Gasteiger charge is -2.13. The highest BCUT2D eigenvalue weighted by Gasteiger charge is 2.09. The molecule has 1 amide bonds. The summed E-state index contributed by atoms with van der Waals surface area (Å²) < 4.78 is 1.62. The predicted octanol–water partition coefficient (Wildman–Crippen LogP) is 1.74. The first-order valence-electron chi connectivity index (χ1n) is 5.64. The van der Waals surface area contributed by atoms with E-state index in [1.54, 1.807) is 30.1 Å². The van der Waals surface area contributed by atoms with Crippen LogP contribution >= 0.6 is 0 Å². The van der Waals surface area contributed by atoms with Crippen molar-refractivity contribution in [1.82, 2.24) is 9.78 Å². The molecule has 0 aliphatic carbocycles. The zero-order chi connectivity index (χ0) is 13.1. The van der Waals surface area contributed by atoms with Gasteiger partial charge in [0.05, 0.1) is 6.20 Å². The van der Waals surface area contributed by atoms with E-state index < -0.39 is 0 Å². The van der Waals surface area contributed by atoms with Crippen LogP contribution in [-0.4, -0.2) is 29.8 Å². The molecule has 2 aromatic rings. The molecule has 0 spiro atoms. The van der Waals surface area contributed by atoms with E-state index in [2.05, 4.69) is 10.4 Å². The van der Waals surface area contributed by atoms with Gasteiger partial charge >= 0.3 is 0 Å². The summed E-state index contributed by atoms with van der Waals surface area (Å²) in [5.74, 6) is 0.539. The van der Waals surface area contributed by atoms with Crippen LogP contribution in [0, 0.1) is 0 Å². The Kier molecular flexibility index (Phi) is 3.32. The van der Waals surface area contributed by atoms with E-state index in [9.17, 15) is 4.79 Å². The van der Waals surface area contributed by atoms with Crippen LogP contribution < -0.4 is 10.2 Å². The molecule has 0 aliphatic heterocycles. The maximum atomic E-state index is 12.1. The lowest BCUT2D eigenvalue weighted by atomic mass is 10.2. The number of nitrogens with one attached hydrogen (secondary N) is 1. The molecule has 18 heavy (non-hydrogen) atoms. The van der Waals surface area contributed by atoms with Crippen LogP contribution in [0.4, 0.5) is 11.5 Å². The Morgan fingerprint density at radius 3 is 2.72 bits per heavy atom. The third-order valence-electron chi connectivity index (χ3n) is 2.69. The number of rotatable bonds is 3. The third-order valence-corrected chi connectivity index (χ3v) is 2.69. The molecule has 0 unspecified atom stereocenters. The van der Waals surface area contributed by atoms with E-state index in [-0.39, 0.29) is 5.91 Å². The van der Waals surface area contributed by atoms with Gasteiger partial charge < -0.3 is 10.2 Å². The molecule has 1 heterocycles. The fourth-order valence-corrected chi connectivity index (χ4v) is 1.61. The van der Waals surface area contributed by atoms with Crippen molar-refractivity contribution in [1.29, 1.82) is 0 Å². The van der Waals surface area contributed by atoms with Gasteiger partial charge in [-0.1, -0.05) is 6.07 Å². The van der Waals surface area contributed by atoms with Crippen molar-refractivity contribution in [3.8, 4) is 0 Å². The molecule has 0 saturated carbocycles. The van der Waals surface area contributed by atoms with Gasteiger partial charge in [-0.2, -0.15) is 5.10 Å². The summed E-state index contributed by atoms with van der Waals surface area (Å²) in [5.41, 5.74) is 1.62. The van der Waals surface area contributed by atoms with E-state index in [1.807, 2.05) is 37.2 Å². The first-order chi connectivity index (χ1) is 8.58. The Bertz CT molecular complexity index is 560. The molecule has 0 atom stereocenters. The van der Waals surface area contributed by atoms with Gasteiger partial charge in [0.2, 0.25) is 0 Å². The van der Waals surface area contributed by atoms with Crippen LogP contribution in [0.1, 0.15) is 10.4 Å².